The van der Waals surface area contributed by atoms with Crippen LogP contribution in [0.1, 0.15) is 11.6 Å². The van der Waals surface area contributed by atoms with Crippen LogP contribution in [0.15, 0.2) is 24.3 Å². The Labute approximate surface area is 94.4 Å². The predicted molar refractivity (Wildman–Crippen MR) is 50.9 cm³/mol. The van der Waals surface area contributed by atoms with Gasteiger partial charge in [0.1, 0.15) is 5.75 Å². The van der Waals surface area contributed by atoms with E-state index in [1.807, 2.05) is 0 Å². The minimum Gasteiger partial charge on any atom is -0.405 e. The normalized spacial score (nSPS) is 13.8. The third-order valence-electron chi connectivity index (χ3n) is 2.04. The van der Waals surface area contributed by atoms with Gasteiger partial charge in [0.05, 0.1) is 6.04 Å². The molecule has 1 rings (SSSR count). The average molecular weight is 255 g/mol. The predicted octanol–water partition coefficient (Wildman–Crippen LogP) is 3.11. The Kier molecular flexibility index (Phi) is 4.28. The van der Waals surface area contributed by atoms with Crippen molar-refractivity contribution in [1.82, 2.24) is 5.32 Å². The summed E-state index contributed by atoms with van der Waals surface area (Å²) in [5.41, 5.74) is -0.234. The molecule has 1 N–H and O–H groups in total. The van der Waals surface area contributed by atoms with E-state index in [1.54, 1.807) is 0 Å². The number of para-hydroxylation sites is 1. The van der Waals surface area contributed by atoms with Crippen molar-refractivity contribution in [2.24, 2.45) is 0 Å². The van der Waals surface area contributed by atoms with E-state index in [2.05, 4.69) is 10.1 Å². The summed E-state index contributed by atoms with van der Waals surface area (Å²) in [4.78, 5) is 0. The van der Waals surface area contributed by atoms with Crippen molar-refractivity contribution in [3.05, 3.63) is 29.8 Å². The second kappa shape index (κ2) is 5.31. The summed E-state index contributed by atoms with van der Waals surface area (Å²) in [6.07, 6.45) is -7.74. The van der Waals surface area contributed by atoms with Crippen LogP contribution in [0.25, 0.3) is 0 Å². The molecule has 0 bridgehead atoms. The minimum atomic E-state index is -4.91. The van der Waals surface area contributed by atoms with Crippen LogP contribution in [0.2, 0.25) is 0 Å². The Morgan fingerprint density at radius 1 is 1.18 bits per heavy atom. The van der Waals surface area contributed by atoms with Crippen molar-refractivity contribution >= 4 is 0 Å². The summed E-state index contributed by atoms with van der Waals surface area (Å²) in [5.74, 6) is -0.625. The fraction of sp³-hybridized carbons (Fsp3) is 0.400. The Morgan fingerprint density at radius 2 is 1.76 bits per heavy atom. The topological polar surface area (TPSA) is 21.3 Å². The van der Waals surface area contributed by atoms with Crippen molar-refractivity contribution in [1.29, 1.82) is 0 Å². The van der Waals surface area contributed by atoms with Gasteiger partial charge in [-0.3, -0.25) is 0 Å². The summed E-state index contributed by atoms with van der Waals surface area (Å²) >= 11 is 0. The molecule has 1 aromatic carbocycles. The van der Waals surface area contributed by atoms with Gasteiger partial charge in [0.15, 0.2) is 0 Å². The molecule has 7 heteroatoms. The van der Waals surface area contributed by atoms with Crippen LogP contribution in [-0.2, 0) is 0 Å². The van der Waals surface area contributed by atoms with E-state index in [4.69, 9.17) is 0 Å². The van der Waals surface area contributed by atoms with Crippen molar-refractivity contribution in [2.45, 2.75) is 18.8 Å². The lowest BCUT2D eigenvalue weighted by Gasteiger charge is -2.19. The Bertz CT molecular complexity index is 366. The van der Waals surface area contributed by atoms with E-state index in [1.165, 1.54) is 19.2 Å². The van der Waals surface area contributed by atoms with E-state index in [-0.39, 0.29) is 5.56 Å². The summed E-state index contributed by atoms with van der Waals surface area (Å²) < 4.78 is 65.1. The number of alkyl halides is 5. The molecule has 17 heavy (non-hydrogen) atoms. The van der Waals surface area contributed by atoms with Gasteiger partial charge in [0, 0.05) is 5.56 Å². The number of nitrogens with one attached hydrogen (secondary N) is 1. The SMILES string of the molecule is CNC(c1ccccc1OC(F)(F)F)C(F)F. The standard InChI is InChI=1S/C10H10F5NO/c1-16-8(9(11)12)6-4-2-3-5-7(6)17-10(13,14)15/h2-5,8-9,16H,1H3. The number of halogens is 5. The third kappa shape index (κ3) is 3.85. The van der Waals surface area contributed by atoms with Gasteiger partial charge >= 0.3 is 6.36 Å². The van der Waals surface area contributed by atoms with Gasteiger partial charge in [0.25, 0.3) is 6.43 Å². The lowest BCUT2D eigenvalue weighted by Crippen LogP contribution is -2.26. The molecule has 0 fully saturated rings. The maximum atomic E-state index is 12.6. The number of hydrogen-bond donors (Lipinski definition) is 1. The summed E-state index contributed by atoms with van der Waals surface area (Å²) in [6.45, 7) is 0. The molecular weight excluding hydrogens is 245 g/mol. The van der Waals surface area contributed by atoms with Gasteiger partial charge in [0.2, 0.25) is 0 Å². The van der Waals surface area contributed by atoms with Crippen molar-refractivity contribution in [3.63, 3.8) is 0 Å². The maximum absolute atomic E-state index is 12.6. The molecule has 0 aliphatic carbocycles. The molecule has 0 aliphatic rings. The number of ether oxygens (including phenoxy) is 1. The zero-order valence-corrected chi connectivity index (χ0v) is 8.76. The Hall–Kier alpha value is -1.37. The first-order valence-corrected chi connectivity index (χ1v) is 4.65. The molecule has 0 saturated carbocycles. The van der Waals surface area contributed by atoms with E-state index in [0.717, 1.165) is 12.1 Å². The quantitative estimate of drug-likeness (QED) is 0.835. The molecule has 1 unspecified atom stereocenters. The second-order valence-electron chi connectivity index (χ2n) is 3.19. The molecule has 1 atom stereocenters. The average Bonchev–Trinajstić information content (AvgIpc) is 2.18. The van der Waals surface area contributed by atoms with Crippen molar-refractivity contribution in [3.8, 4) is 5.75 Å². The van der Waals surface area contributed by atoms with Crippen LogP contribution in [0, 0.1) is 0 Å². The zero-order chi connectivity index (χ0) is 13.1. The monoisotopic (exact) mass is 255 g/mol. The first kappa shape index (κ1) is 13.7. The number of rotatable bonds is 4. The molecule has 2 nitrogen and oxygen atoms in total. The van der Waals surface area contributed by atoms with Crippen molar-refractivity contribution < 1.29 is 26.7 Å². The van der Waals surface area contributed by atoms with Gasteiger partial charge in [-0.1, -0.05) is 18.2 Å². The maximum Gasteiger partial charge on any atom is 0.573 e. The highest BCUT2D eigenvalue weighted by molar-refractivity contribution is 5.36. The van der Waals surface area contributed by atoms with Crippen molar-refractivity contribution in [2.75, 3.05) is 7.05 Å². The van der Waals surface area contributed by atoms with Crippen LogP contribution < -0.4 is 10.1 Å². The first-order valence-electron chi connectivity index (χ1n) is 4.65. The molecule has 1 aromatic rings. The van der Waals surface area contributed by atoms with Gasteiger partial charge in [-0.2, -0.15) is 0 Å². The summed E-state index contributed by atoms with van der Waals surface area (Å²) in [6, 6.07) is 3.30. The number of hydrogen-bond acceptors (Lipinski definition) is 2. The molecule has 0 radical (unpaired) electrons. The summed E-state index contributed by atoms with van der Waals surface area (Å²) in [5, 5.41) is 2.25. The Morgan fingerprint density at radius 3 is 2.24 bits per heavy atom. The molecular formula is C10H10F5NO. The molecule has 0 aromatic heterocycles. The van der Waals surface area contributed by atoms with Crippen LogP contribution in [-0.4, -0.2) is 19.8 Å². The van der Waals surface area contributed by atoms with Gasteiger partial charge < -0.3 is 10.1 Å². The molecule has 0 amide bonds. The highest BCUT2D eigenvalue weighted by Gasteiger charge is 2.34. The fourth-order valence-electron chi connectivity index (χ4n) is 1.37. The molecule has 96 valence electrons. The van der Waals surface area contributed by atoms with E-state index >= 15 is 0 Å². The van der Waals surface area contributed by atoms with E-state index < -0.39 is 24.6 Å². The van der Waals surface area contributed by atoms with Crippen LogP contribution in [0.5, 0.6) is 5.75 Å². The van der Waals surface area contributed by atoms with Crippen LogP contribution >= 0.6 is 0 Å². The minimum absolute atomic E-state index is 0.234. The van der Waals surface area contributed by atoms with Gasteiger partial charge in [-0.05, 0) is 13.1 Å². The van der Waals surface area contributed by atoms with Crippen LogP contribution in [0.3, 0.4) is 0 Å². The fourth-order valence-corrected chi connectivity index (χ4v) is 1.37. The van der Waals surface area contributed by atoms with Crippen LogP contribution in [0.4, 0.5) is 22.0 Å². The highest BCUT2D eigenvalue weighted by Crippen LogP contribution is 2.32. The molecule has 0 saturated heterocycles. The molecule has 0 aliphatic heterocycles. The lowest BCUT2D eigenvalue weighted by atomic mass is 10.1. The van der Waals surface area contributed by atoms with E-state index in [0.29, 0.717) is 0 Å². The summed E-state index contributed by atoms with van der Waals surface area (Å²) in [7, 11) is 1.24. The van der Waals surface area contributed by atoms with Gasteiger partial charge in [-0.25, -0.2) is 8.78 Å². The smallest absolute Gasteiger partial charge is 0.405 e. The third-order valence-corrected chi connectivity index (χ3v) is 2.04. The first-order chi connectivity index (χ1) is 7.85. The Balaban J connectivity index is 3.06. The van der Waals surface area contributed by atoms with E-state index in [9.17, 15) is 22.0 Å². The lowest BCUT2D eigenvalue weighted by molar-refractivity contribution is -0.275. The largest absolute Gasteiger partial charge is 0.573 e. The highest BCUT2D eigenvalue weighted by atomic mass is 19.4. The number of benzene rings is 1. The zero-order valence-electron chi connectivity index (χ0n) is 8.76. The molecule has 0 spiro atoms. The molecule has 0 heterocycles. The van der Waals surface area contributed by atoms with Gasteiger partial charge in [-0.15, -0.1) is 13.2 Å². The second-order valence-corrected chi connectivity index (χ2v) is 3.19.